The van der Waals surface area contributed by atoms with Crippen LogP contribution in [0.15, 0.2) is 16.1 Å². The second-order valence-corrected chi connectivity index (χ2v) is 3.89. The van der Waals surface area contributed by atoms with Crippen LogP contribution in [0.2, 0.25) is 0 Å². The van der Waals surface area contributed by atoms with Crippen LogP contribution in [0.5, 0.6) is 0 Å². The lowest BCUT2D eigenvalue weighted by molar-refractivity contribution is 0.762. The Labute approximate surface area is 76.6 Å². The average Bonchev–Trinajstić information content (AvgIpc) is 1.98. The fourth-order valence-electron chi connectivity index (χ4n) is 0.818. The molecule has 70 valence electrons. The minimum absolute atomic E-state index is 0.403. The van der Waals surface area contributed by atoms with Gasteiger partial charge in [0, 0.05) is 12.3 Å². The first-order chi connectivity index (χ1) is 5.45. The normalized spacial score (nSPS) is 14.7. The van der Waals surface area contributed by atoms with E-state index in [1.165, 1.54) is 11.1 Å². The first-order valence-electron chi connectivity index (χ1n) is 4.65. The lowest BCUT2D eigenvalue weighted by Gasteiger charge is -2.07. The highest BCUT2D eigenvalue weighted by molar-refractivity contribution is 5.78. The van der Waals surface area contributed by atoms with Crippen molar-refractivity contribution in [2.75, 3.05) is 0 Å². The van der Waals surface area contributed by atoms with Crippen molar-refractivity contribution in [1.82, 2.24) is 0 Å². The second-order valence-electron chi connectivity index (χ2n) is 3.89. The first kappa shape index (κ1) is 11.4. The van der Waals surface area contributed by atoms with Crippen LogP contribution >= 0.6 is 0 Å². The number of rotatable bonds is 3. The summed E-state index contributed by atoms with van der Waals surface area (Å²) < 4.78 is 0. The largest absolute Gasteiger partial charge is 0.290 e. The molecule has 0 bridgehead atoms. The highest BCUT2D eigenvalue weighted by atomic mass is 14.7. The van der Waals surface area contributed by atoms with Crippen LogP contribution in [0.1, 0.15) is 41.5 Å². The Morgan fingerprint density at radius 1 is 1.08 bits per heavy atom. The summed E-state index contributed by atoms with van der Waals surface area (Å²) in [6.45, 7) is 12.9. The average molecular weight is 167 g/mol. The number of nitrogens with zero attached hydrogens (tertiary/aromatic N) is 1. The molecule has 0 radical (unpaired) electrons. The quantitative estimate of drug-likeness (QED) is 0.571. The summed E-state index contributed by atoms with van der Waals surface area (Å²) in [7, 11) is 0. The topological polar surface area (TPSA) is 12.4 Å². The monoisotopic (exact) mass is 167 g/mol. The molecule has 0 aliphatic rings. The van der Waals surface area contributed by atoms with E-state index in [1.807, 2.05) is 6.21 Å². The molecule has 0 unspecified atom stereocenters. The molecule has 0 aliphatic carbocycles. The maximum absolute atomic E-state index is 4.35. The minimum atomic E-state index is 0.403. The van der Waals surface area contributed by atoms with Crippen molar-refractivity contribution < 1.29 is 0 Å². The SMILES string of the molecule is C/C(C=NC(C)C)=C(/C)C(C)C. The van der Waals surface area contributed by atoms with Gasteiger partial charge in [-0.15, -0.1) is 0 Å². The van der Waals surface area contributed by atoms with Crippen molar-refractivity contribution in [3.63, 3.8) is 0 Å². The maximum atomic E-state index is 4.35. The van der Waals surface area contributed by atoms with Crippen molar-refractivity contribution in [3.8, 4) is 0 Å². The van der Waals surface area contributed by atoms with Gasteiger partial charge in [-0.2, -0.15) is 0 Å². The molecule has 0 amide bonds. The van der Waals surface area contributed by atoms with E-state index in [4.69, 9.17) is 0 Å². The van der Waals surface area contributed by atoms with Crippen LogP contribution in [0.4, 0.5) is 0 Å². The Bertz CT molecular complexity index is 185. The third-order valence-electron chi connectivity index (χ3n) is 2.05. The molecule has 0 saturated heterocycles. The zero-order chi connectivity index (χ0) is 9.72. The summed E-state index contributed by atoms with van der Waals surface area (Å²) in [6, 6.07) is 0.403. The lowest BCUT2D eigenvalue weighted by Crippen LogP contribution is -1.96. The molecule has 0 aromatic rings. The predicted octanol–water partition coefficient (Wildman–Crippen LogP) is 3.46. The van der Waals surface area contributed by atoms with Crippen molar-refractivity contribution in [1.29, 1.82) is 0 Å². The Kier molecular flexibility index (Phi) is 4.87. The fourth-order valence-corrected chi connectivity index (χ4v) is 0.818. The molecule has 0 heterocycles. The van der Waals surface area contributed by atoms with E-state index in [-0.39, 0.29) is 0 Å². The molecule has 0 aromatic heterocycles. The number of hydrogen-bond acceptors (Lipinski definition) is 1. The summed E-state index contributed by atoms with van der Waals surface area (Å²) in [5.74, 6) is 0.628. The van der Waals surface area contributed by atoms with Gasteiger partial charge >= 0.3 is 0 Å². The molecule has 0 saturated carbocycles. The number of aliphatic imine (C=N–C) groups is 1. The molecule has 0 spiro atoms. The van der Waals surface area contributed by atoms with Gasteiger partial charge in [-0.05, 0) is 39.2 Å². The molecule has 12 heavy (non-hydrogen) atoms. The van der Waals surface area contributed by atoms with Gasteiger partial charge in [0.1, 0.15) is 0 Å². The van der Waals surface area contributed by atoms with Gasteiger partial charge in [0.2, 0.25) is 0 Å². The van der Waals surface area contributed by atoms with E-state index in [2.05, 4.69) is 46.5 Å². The molecule has 1 nitrogen and oxygen atoms in total. The molecular weight excluding hydrogens is 146 g/mol. The molecule has 0 fully saturated rings. The summed E-state index contributed by atoms with van der Waals surface area (Å²) >= 11 is 0. The van der Waals surface area contributed by atoms with Crippen LogP contribution in [-0.4, -0.2) is 12.3 Å². The van der Waals surface area contributed by atoms with Gasteiger partial charge in [-0.1, -0.05) is 19.4 Å². The Morgan fingerprint density at radius 3 is 1.92 bits per heavy atom. The Hall–Kier alpha value is -0.590. The number of hydrogen-bond donors (Lipinski definition) is 0. The second kappa shape index (κ2) is 5.13. The van der Waals surface area contributed by atoms with Crippen LogP contribution < -0.4 is 0 Å². The van der Waals surface area contributed by atoms with Gasteiger partial charge < -0.3 is 0 Å². The molecule has 0 aromatic carbocycles. The molecule has 0 atom stereocenters. The smallest absolute Gasteiger partial charge is 0.0443 e. The highest BCUT2D eigenvalue weighted by Crippen LogP contribution is 2.12. The zero-order valence-electron chi connectivity index (χ0n) is 9.18. The van der Waals surface area contributed by atoms with Crippen molar-refractivity contribution in [3.05, 3.63) is 11.1 Å². The van der Waals surface area contributed by atoms with Crippen LogP contribution in [0.25, 0.3) is 0 Å². The summed E-state index contributed by atoms with van der Waals surface area (Å²) in [4.78, 5) is 4.35. The third-order valence-corrected chi connectivity index (χ3v) is 2.05. The summed E-state index contributed by atoms with van der Waals surface area (Å²) in [6.07, 6.45) is 1.99. The van der Waals surface area contributed by atoms with E-state index >= 15 is 0 Å². The molecule has 0 rings (SSSR count). The lowest BCUT2D eigenvalue weighted by atomic mass is 10.0. The van der Waals surface area contributed by atoms with Gasteiger partial charge in [-0.25, -0.2) is 0 Å². The third kappa shape index (κ3) is 4.32. The first-order valence-corrected chi connectivity index (χ1v) is 4.65. The van der Waals surface area contributed by atoms with E-state index in [0.717, 1.165) is 0 Å². The van der Waals surface area contributed by atoms with Gasteiger partial charge in [0.05, 0.1) is 0 Å². The summed E-state index contributed by atoms with van der Waals surface area (Å²) in [5.41, 5.74) is 2.73. The van der Waals surface area contributed by atoms with E-state index < -0.39 is 0 Å². The van der Waals surface area contributed by atoms with Gasteiger partial charge in [0.25, 0.3) is 0 Å². The van der Waals surface area contributed by atoms with E-state index in [0.29, 0.717) is 12.0 Å². The van der Waals surface area contributed by atoms with Gasteiger partial charge in [0.15, 0.2) is 0 Å². The zero-order valence-corrected chi connectivity index (χ0v) is 9.18. The van der Waals surface area contributed by atoms with E-state index in [1.54, 1.807) is 0 Å². The predicted molar refractivity (Wildman–Crippen MR) is 56.8 cm³/mol. The fraction of sp³-hybridized carbons (Fsp3) is 0.727. The molecular formula is C11H21N. The van der Waals surface area contributed by atoms with Crippen LogP contribution in [-0.2, 0) is 0 Å². The standard InChI is InChI=1S/C11H21N/c1-8(2)11(6)10(5)7-12-9(3)4/h7-9H,1-6H3/b11-10+,12-7?. The molecule has 0 aliphatic heterocycles. The minimum Gasteiger partial charge on any atom is -0.290 e. The maximum Gasteiger partial charge on any atom is 0.0443 e. The highest BCUT2D eigenvalue weighted by Gasteiger charge is 1.99. The molecule has 0 N–H and O–H groups in total. The van der Waals surface area contributed by atoms with Crippen LogP contribution in [0, 0.1) is 5.92 Å². The van der Waals surface area contributed by atoms with Gasteiger partial charge in [-0.3, -0.25) is 4.99 Å². The van der Waals surface area contributed by atoms with Crippen LogP contribution in [0.3, 0.4) is 0 Å². The summed E-state index contributed by atoms with van der Waals surface area (Å²) in [5, 5.41) is 0. The Morgan fingerprint density at radius 2 is 1.58 bits per heavy atom. The Balaban J connectivity index is 4.36. The van der Waals surface area contributed by atoms with E-state index in [9.17, 15) is 0 Å². The number of allylic oxidation sites excluding steroid dienone is 2. The van der Waals surface area contributed by atoms with Crippen molar-refractivity contribution in [2.45, 2.75) is 47.6 Å². The molecule has 1 heteroatoms. The van der Waals surface area contributed by atoms with Crippen molar-refractivity contribution in [2.24, 2.45) is 10.9 Å². The van der Waals surface area contributed by atoms with Crippen molar-refractivity contribution >= 4 is 6.21 Å².